The minimum absolute atomic E-state index is 0.0349. The van der Waals surface area contributed by atoms with Gasteiger partial charge < -0.3 is 9.88 Å². The van der Waals surface area contributed by atoms with E-state index in [0.29, 0.717) is 40.6 Å². The summed E-state index contributed by atoms with van der Waals surface area (Å²) in [6, 6.07) is 17.6. The van der Waals surface area contributed by atoms with Crippen LogP contribution in [0.15, 0.2) is 70.4 Å². The van der Waals surface area contributed by atoms with Gasteiger partial charge in [0.15, 0.2) is 5.43 Å². The van der Waals surface area contributed by atoms with Crippen LogP contribution >= 0.6 is 0 Å². The second-order valence-electron chi connectivity index (χ2n) is 8.50. The summed E-state index contributed by atoms with van der Waals surface area (Å²) in [4.78, 5) is 26.4. The molecule has 35 heavy (non-hydrogen) atoms. The molecule has 0 atom stereocenters. The molecule has 0 saturated carbocycles. The average Bonchev–Trinajstić information content (AvgIpc) is 2.85. The Labute approximate surface area is 205 Å². The number of carbonyl (C=O) groups is 1. The maximum absolute atomic E-state index is 13.3. The molecule has 3 aromatic carbocycles. The molecule has 7 nitrogen and oxygen atoms in total. The zero-order valence-electron chi connectivity index (χ0n) is 20.3. The molecule has 1 N–H and O–H groups in total. The van der Waals surface area contributed by atoms with Crippen molar-refractivity contribution in [1.82, 2.24) is 8.87 Å². The van der Waals surface area contributed by atoms with Crippen molar-refractivity contribution in [1.29, 1.82) is 0 Å². The van der Waals surface area contributed by atoms with Crippen molar-refractivity contribution in [3.05, 3.63) is 82.0 Å². The Balaban J connectivity index is 1.75. The molecule has 4 aromatic rings. The number of hydrogen-bond donors (Lipinski definition) is 1. The molecule has 182 valence electrons. The van der Waals surface area contributed by atoms with Gasteiger partial charge in [-0.2, -0.15) is 4.31 Å². The minimum Gasteiger partial charge on any atom is -0.331 e. The highest BCUT2D eigenvalue weighted by atomic mass is 32.2. The first-order chi connectivity index (χ1) is 16.7. The number of fused-ring (bicyclic) bond motifs is 2. The van der Waals surface area contributed by atoms with Crippen molar-refractivity contribution in [2.45, 2.75) is 39.1 Å². The second kappa shape index (κ2) is 9.64. The number of aryl methyl sites for hydroxylation is 1. The number of benzene rings is 3. The molecule has 4 rings (SSSR count). The first kappa shape index (κ1) is 24.6. The molecule has 1 amide bonds. The molecule has 0 saturated heterocycles. The summed E-state index contributed by atoms with van der Waals surface area (Å²) in [5, 5.41) is 3.99. The topological polar surface area (TPSA) is 88.5 Å². The lowest BCUT2D eigenvalue weighted by atomic mass is 10.1. The summed E-state index contributed by atoms with van der Waals surface area (Å²) in [6.45, 7) is 7.96. The summed E-state index contributed by atoms with van der Waals surface area (Å²) < 4.78 is 29.4. The molecule has 1 aromatic heterocycles. The van der Waals surface area contributed by atoms with E-state index in [2.05, 4.69) is 5.32 Å². The monoisotopic (exact) mass is 491 g/mol. The van der Waals surface area contributed by atoms with Crippen LogP contribution in [0.1, 0.15) is 25.0 Å². The van der Waals surface area contributed by atoms with E-state index in [9.17, 15) is 18.0 Å². The van der Waals surface area contributed by atoms with Gasteiger partial charge >= 0.3 is 0 Å². The van der Waals surface area contributed by atoms with Crippen LogP contribution in [0.2, 0.25) is 0 Å². The van der Waals surface area contributed by atoms with Gasteiger partial charge in [-0.3, -0.25) is 9.59 Å². The van der Waals surface area contributed by atoms with Gasteiger partial charge in [-0.25, -0.2) is 8.42 Å². The molecule has 0 radical (unpaired) electrons. The van der Waals surface area contributed by atoms with Crippen LogP contribution in [-0.2, 0) is 21.4 Å². The van der Waals surface area contributed by atoms with E-state index in [1.54, 1.807) is 44.2 Å². The minimum atomic E-state index is -3.68. The SMILES string of the molecule is CCN(CC)S(=O)(=O)c1cc(C)c(C)c(NC(=O)Cn2c3ccccc3c(=O)c3ccccc32)c1. The number of amides is 1. The summed E-state index contributed by atoms with van der Waals surface area (Å²) >= 11 is 0. The molecule has 8 heteroatoms. The Morgan fingerprint density at radius 1 is 0.914 bits per heavy atom. The first-order valence-electron chi connectivity index (χ1n) is 11.6. The van der Waals surface area contributed by atoms with Crippen molar-refractivity contribution in [3.8, 4) is 0 Å². The third-order valence-corrected chi connectivity index (χ3v) is 8.47. The van der Waals surface area contributed by atoms with Crippen molar-refractivity contribution < 1.29 is 13.2 Å². The number of anilines is 1. The van der Waals surface area contributed by atoms with Gasteiger partial charge in [0, 0.05) is 29.5 Å². The van der Waals surface area contributed by atoms with E-state index < -0.39 is 10.0 Å². The third kappa shape index (κ3) is 4.47. The van der Waals surface area contributed by atoms with Crippen molar-refractivity contribution in [3.63, 3.8) is 0 Å². The number of pyridine rings is 1. The normalized spacial score (nSPS) is 11.9. The van der Waals surface area contributed by atoms with Crippen LogP contribution in [0.25, 0.3) is 21.8 Å². The van der Waals surface area contributed by atoms with Gasteiger partial charge in [-0.15, -0.1) is 0 Å². The van der Waals surface area contributed by atoms with Gasteiger partial charge in [0.25, 0.3) is 0 Å². The average molecular weight is 492 g/mol. The summed E-state index contributed by atoms with van der Waals surface area (Å²) in [6.07, 6.45) is 0. The van der Waals surface area contributed by atoms with E-state index in [0.717, 1.165) is 11.1 Å². The molecule has 0 spiro atoms. The number of hydrogen-bond acceptors (Lipinski definition) is 4. The quantitative estimate of drug-likeness (QED) is 0.387. The molecule has 0 bridgehead atoms. The van der Waals surface area contributed by atoms with E-state index in [-0.39, 0.29) is 22.8 Å². The van der Waals surface area contributed by atoms with Crippen molar-refractivity contribution >= 4 is 43.4 Å². The Kier molecular flexibility index (Phi) is 6.78. The highest BCUT2D eigenvalue weighted by Crippen LogP contribution is 2.27. The number of nitrogens with one attached hydrogen (secondary N) is 1. The zero-order chi connectivity index (χ0) is 25.3. The van der Waals surface area contributed by atoms with Crippen LogP contribution < -0.4 is 10.7 Å². The van der Waals surface area contributed by atoms with Gasteiger partial charge in [0.05, 0.1) is 15.9 Å². The lowest BCUT2D eigenvalue weighted by molar-refractivity contribution is -0.116. The van der Waals surface area contributed by atoms with Crippen molar-refractivity contribution in [2.75, 3.05) is 18.4 Å². The Bertz CT molecular complexity index is 1540. The summed E-state index contributed by atoms with van der Waals surface area (Å²) in [7, 11) is -3.68. The lowest BCUT2D eigenvalue weighted by Crippen LogP contribution is -2.31. The number of rotatable bonds is 7. The zero-order valence-corrected chi connectivity index (χ0v) is 21.1. The number of aromatic nitrogens is 1. The molecular formula is C27H29N3O4S. The van der Waals surface area contributed by atoms with Gasteiger partial charge in [-0.1, -0.05) is 38.1 Å². The van der Waals surface area contributed by atoms with Crippen LogP contribution in [0.3, 0.4) is 0 Å². The molecule has 0 aliphatic rings. The fourth-order valence-electron chi connectivity index (χ4n) is 4.40. The highest BCUT2D eigenvalue weighted by Gasteiger charge is 2.24. The predicted molar refractivity (Wildman–Crippen MR) is 140 cm³/mol. The first-order valence-corrected chi connectivity index (χ1v) is 13.0. The predicted octanol–water partition coefficient (Wildman–Crippen LogP) is 4.44. The molecule has 0 unspecified atom stereocenters. The number of para-hydroxylation sites is 2. The van der Waals surface area contributed by atoms with Gasteiger partial charge in [0.1, 0.15) is 6.54 Å². The van der Waals surface area contributed by atoms with E-state index in [1.165, 1.54) is 10.4 Å². The molecule has 0 fully saturated rings. The Hall–Kier alpha value is -3.49. The van der Waals surface area contributed by atoms with Gasteiger partial charge in [0.2, 0.25) is 15.9 Å². The van der Waals surface area contributed by atoms with E-state index in [4.69, 9.17) is 0 Å². The van der Waals surface area contributed by atoms with Crippen molar-refractivity contribution in [2.24, 2.45) is 0 Å². The number of carbonyl (C=O) groups excluding carboxylic acids is 1. The molecule has 0 aliphatic heterocycles. The maximum Gasteiger partial charge on any atom is 0.244 e. The summed E-state index contributed by atoms with van der Waals surface area (Å²) in [5.41, 5.74) is 3.28. The Morgan fingerprint density at radius 3 is 2.00 bits per heavy atom. The third-order valence-electron chi connectivity index (χ3n) is 6.44. The smallest absolute Gasteiger partial charge is 0.244 e. The van der Waals surface area contributed by atoms with E-state index in [1.807, 2.05) is 42.7 Å². The summed E-state index contributed by atoms with van der Waals surface area (Å²) in [5.74, 6) is -0.316. The molecular weight excluding hydrogens is 462 g/mol. The fourth-order valence-corrected chi connectivity index (χ4v) is 5.97. The highest BCUT2D eigenvalue weighted by molar-refractivity contribution is 7.89. The van der Waals surface area contributed by atoms with Crippen LogP contribution in [-0.4, -0.2) is 36.3 Å². The van der Waals surface area contributed by atoms with Gasteiger partial charge in [-0.05, 0) is 61.4 Å². The second-order valence-corrected chi connectivity index (χ2v) is 10.4. The van der Waals surface area contributed by atoms with Crippen LogP contribution in [0, 0.1) is 13.8 Å². The molecule has 0 aliphatic carbocycles. The molecule has 1 heterocycles. The fraction of sp³-hybridized carbons (Fsp3) is 0.259. The van der Waals surface area contributed by atoms with E-state index >= 15 is 0 Å². The maximum atomic E-state index is 13.3. The number of nitrogens with zero attached hydrogens (tertiary/aromatic N) is 2. The lowest BCUT2D eigenvalue weighted by Gasteiger charge is -2.21. The standard InChI is InChI=1S/C27H29N3O4S/c1-5-29(6-2)35(33,34)20-15-18(3)19(4)23(16-20)28-26(31)17-30-24-13-9-7-11-21(24)27(32)22-12-8-10-14-25(22)30/h7-16H,5-6,17H2,1-4H3,(H,28,31). The number of sulfonamides is 1. The van der Waals surface area contributed by atoms with Crippen LogP contribution in [0.5, 0.6) is 0 Å². The Morgan fingerprint density at radius 2 is 1.46 bits per heavy atom. The van der Waals surface area contributed by atoms with Crippen LogP contribution in [0.4, 0.5) is 5.69 Å². The largest absolute Gasteiger partial charge is 0.331 e.